The maximum Gasteiger partial charge on any atom is 0.0463 e. The van der Waals surface area contributed by atoms with Crippen LogP contribution >= 0.6 is 7.92 Å². The van der Waals surface area contributed by atoms with Gasteiger partial charge in [-0.15, -0.1) is 5.75 Å². The molecule has 0 unspecified atom stereocenters. The van der Waals surface area contributed by atoms with Crippen molar-refractivity contribution in [3.05, 3.63) is 60.7 Å². The van der Waals surface area contributed by atoms with E-state index < -0.39 is 0 Å². The molecule has 2 aromatic carbocycles. The second-order valence-electron chi connectivity index (χ2n) is 3.59. The Morgan fingerprint density at radius 2 is 1.35 bits per heavy atom. The van der Waals surface area contributed by atoms with Gasteiger partial charge >= 0.3 is 0 Å². The third kappa shape index (κ3) is 18.7. The van der Waals surface area contributed by atoms with Crippen LogP contribution in [-0.4, -0.2) is 25.2 Å². The van der Waals surface area contributed by atoms with Crippen molar-refractivity contribution in [2.45, 2.75) is 0 Å². The Morgan fingerprint density at radius 3 is 1.47 bits per heavy atom. The van der Waals surface area contributed by atoms with Crippen molar-refractivity contribution in [3.63, 3.8) is 0 Å². The summed E-state index contributed by atoms with van der Waals surface area (Å²) in [4.78, 5) is 0. The summed E-state index contributed by atoms with van der Waals surface area (Å²) in [6.07, 6.45) is 1.29. The molecule has 0 nitrogen and oxygen atoms in total. The standard InChI is InChI=1S/2C5H5.C4H11PS.Ti/c2*1-2-4-5-3-1;1-5(2)3-4-6;/h2*1-5H;6H,3-4H2,1-2H3;/q-5;-1;;. The van der Waals surface area contributed by atoms with Crippen LogP contribution in [0.3, 0.4) is 0 Å². The molecule has 0 heterocycles. The van der Waals surface area contributed by atoms with Gasteiger partial charge < -0.3 is 43.0 Å². The van der Waals surface area contributed by atoms with Gasteiger partial charge in [-0.1, -0.05) is 0 Å². The maximum atomic E-state index is 4.75. The number of rotatable bonds is 2. The van der Waals surface area contributed by atoms with Gasteiger partial charge in [0.15, 0.2) is 0 Å². The summed E-state index contributed by atoms with van der Waals surface area (Å²) in [6.45, 7) is 4.58. The minimum atomic E-state index is 0. The van der Waals surface area contributed by atoms with Gasteiger partial charge in [0.25, 0.3) is 0 Å². The van der Waals surface area contributed by atoms with Crippen LogP contribution in [-0.2, 0) is 34.3 Å². The fourth-order valence-corrected chi connectivity index (χ4v) is 2.48. The van der Waals surface area contributed by atoms with Crippen LogP contribution < -0.4 is 0 Å². The van der Waals surface area contributed by atoms with Crippen molar-refractivity contribution in [2.24, 2.45) is 0 Å². The summed E-state index contributed by atoms with van der Waals surface area (Å²) in [5.41, 5.74) is 0. The van der Waals surface area contributed by atoms with E-state index in [2.05, 4.69) is 13.3 Å². The summed E-state index contributed by atoms with van der Waals surface area (Å²) in [5, 5.41) is 0. The van der Waals surface area contributed by atoms with E-state index in [1.165, 1.54) is 6.16 Å². The van der Waals surface area contributed by atoms with Crippen LogP contribution in [0.4, 0.5) is 0 Å². The van der Waals surface area contributed by atoms with Crippen molar-refractivity contribution in [3.8, 4) is 0 Å². The molecule has 0 N–H and O–H groups in total. The van der Waals surface area contributed by atoms with Crippen LogP contribution in [0.5, 0.6) is 0 Å². The minimum absolute atomic E-state index is 0. The Labute approximate surface area is 128 Å². The molecule has 0 aliphatic heterocycles. The molecule has 0 aliphatic rings. The predicted molar refractivity (Wildman–Crippen MR) is 81.3 cm³/mol. The molecule has 0 bridgehead atoms. The first-order valence-electron chi connectivity index (χ1n) is 5.48. The first kappa shape index (κ1) is 19.5. The minimum Gasteiger partial charge on any atom is -0.789 e. The fraction of sp³-hybridized carbons (Fsp3) is 0.286. The van der Waals surface area contributed by atoms with E-state index in [1.807, 2.05) is 60.7 Å². The Balaban J connectivity index is 0. The summed E-state index contributed by atoms with van der Waals surface area (Å²) >= 11 is 4.75. The van der Waals surface area contributed by atoms with Gasteiger partial charge in [0.1, 0.15) is 0 Å². The molecular formula is C14H21PSTi-6. The van der Waals surface area contributed by atoms with Crippen LogP contribution in [0.1, 0.15) is 0 Å². The first-order chi connectivity index (χ1) is 7.77. The summed E-state index contributed by atoms with van der Waals surface area (Å²) in [7, 11) is 0.0103. The van der Waals surface area contributed by atoms with Gasteiger partial charge in [-0.25, -0.2) is 12.1 Å². The second-order valence-corrected chi connectivity index (χ2v) is 6.91. The zero-order valence-electron chi connectivity index (χ0n) is 10.6. The van der Waals surface area contributed by atoms with Crippen molar-refractivity contribution in [1.29, 1.82) is 0 Å². The third-order valence-electron chi connectivity index (χ3n) is 1.71. The topological polar surface area (TPSA) is 0 Å². The van der Waals surface area contributed by atoms with Crippen molar-refractivity contribution in [2.75, 3.05) is 25.2 Å². The quantitative estimate of drug-likeness (QED) is 0.352. The van der Waals surface area contributed by atoms with Crippen LogP contribution in [0.15, 0.2) is 60.7 Å². The van der Waals surface area contributed by atoms with E-state index in [0.717, 1.165) is 5.75 Å². The molecule has 98 valence electrons. The first-order valence-corrected chi connectivity index (χ1v) is 8.76. The van der Waals surface area contributed by atoms with Gasteiger partial charge in [0, 0.05) is 41.2 Å². The Morgan fingerprint density at radius 1 is 0.941 bits per heavy atom. The zero-order chi connectivity index (χ0) is 12.1. The van der Waals surface area contributed by atoms with Gasteiger partial charge in [0.05, 0.1) is 0 Å². The SMILES string of the molecule is C[PH+](C)CC[S-].[Ti].[cH-]1[cH-][cH-][cH-][cH-]1.c1cc[cH-]c1. The molecule has 0 saturated heterocycles. The average Bonchev–Trinajstić information content (AvgIpc) is 2.98. The van der Waals surface area contributed by atoms with Gasteiger partial charge in [0.2, 0.25) is 0 Å². The Bertz CT molecular complexity index is 216. The van der Waals surface area contributed by atoms with Crippen LogP contribution in [0.2, 0.25) is 0 Å². The molecular weight excluding hydrogens is 279 g/mol. The van der Waals surface area contributed by atoms with Crippen molar-refractivity contribution < 1.29 is 21.7 Å². The predicted octanol–water partition coefficient (Wildman–Crippen LogP) is 3.82. The van der Waals surface area contributed by atoms with Gasteiger partial charge in [-0.2, -0.15) is 18.2 Å². The molecule has 0 aromatic heterocycles. The van der Waals surface area contributed by atoms with Crippen LogP contribution in [0.25, 0.3) is 0 Å². The monoisotopic (exact) mass is 300 g/mol. The van der Waals surface area contributed by atoms with Crippen LogP contribution in [0, 0.1) is 0 Å². The van der Waals surface area contributed by atoms with E-state index >= 15 is 0 Å². The van der Waals surface area contributed by atoms with Crippen molar-refractivity contribution >= 4 is 20.6 Å². The summed E-state index contributed by atoms with van der Waals surface area (Å²) in [6, 6.07) is 20.0. The molecule has 0 fully saturated rings. The molecule has 0 radical (unpaired) electrons. The average molecular weight is 300 g/mol. The summed E-state index contributed by atoms with van der Waals surface area (Å²) < 4.78 is 0. The zero-order valence-corrected chi connectivity index (χ0v) is 14.0. The largest absolute Gasteiger partial charge is 0.789 e. The van der Waals surface area contributed by atoms with E-state index in [-0.39, 0.29) is 29.6 Å². The molecule has 3 heteroatoms. The maximum absolute atomic E-state index is 4.75. The van der Waals surface area contributed by atoms with E-state index in [0.29, 0.717) is 0 Å². The molecule has 2 aromatic rings. The molecule has 2 rings (SSSR count). The normalized spacial score (nSPS) is 8.24. The van der Waals surface area contributed by atoms with E-state index in [4.69, 9.17) is 12.6 Å². The Hall–Kier alpha value is 0.194. The third-order valence-corrected chi connectivity index (χ3v) is 3.53. The Kier molecular flexibility index (Phi) is 18.6. The van der Waals surface area contributed by atoms with Gasteiger partial charge in [-0.05, 0) is 7.92 Å². The number of hydrogen-bond acceptors (Lipinski definition) is 1. The van der Waals surface area contributed by atoms with E-state index in [9.17, 15) is 0 Å². The molecule has 0 aliphatic carbocycles. The number of hydrogen-bond donors (Lipinski definition) is 0. The molecule has 0 amide bonds. The van der Waals surface area contributed by atoms with E-state index in [1.54, 1.807) is 0 Å². The van der Waals surface area contributed by atoms with Gasteiger partial charge in [-0.3, -0.25) is 0 Å². The second kappa shape index (κ2) is 16.2. The molecule has 0 spiro atoms. The molecule has 0 saturated carbocycles. The molecule has 17 heavy (non-hydrogen) atoms. The summed E-state index contributed by atoms with van der Waals surface area (Å²) in [5.74, 6) is 0.960. The van der Waals surface area contributed by atoms with Crippen molar-refractivity contribution in [1.82, 2.24) is 0 Å². The molecule has 0 atom stereocenters. The fourth-order valence-electron chi connectivity index (χ4n) is 0.846. The smallest absolute Gasteiger partial charge is 0.0463 e.